The number of hydrogen-bond donors (Lipinski definition) is 1. The molecule has 0 unspecified atom stereocenters. The van der Waals surface area contributed by atoms with Crippen LogP contribution in [0.3, 0.4) is 0 Å². The Bertz CT molecular complexity index is 889. The summed E-state index contributed by atoms with van der Waals surface area (Å²) in [5, 5.41) is 10.3. The van der Waals surface area contributed by atoms with Crippen molar-refractivity contribution in [3.05, 3.63) is 77.9 Å². The standard InChI is InChI=1S/C22H22ClN5O/c23-20-11-12-21(25-24-20)27-15-13-17(14-16-27)22(29)26-28(18-7-3-1-4-8-18)19-9-5-2-6-10-19/h1-12,17H,13-16H2,(H,26,29). The second kappa shape index (κ2) is 8.92. The van der Waals surface area contributed by atoms with Crippen molar-refractivity contribution in [2.45, 2.75) is 12.8 Å². The number of benzene rings is 2. The predicted octanol–water partition coefficient (Wildman–Crippen LogP) is 4.22. The number of halogens is 1. The lowest BCUT2D eigenvalue weighted by Crippen LogP contribution is -2.46. The number of hydrogen-bond acceptors (Lipinski definition) is 5. The van der Waals surface area contributed by atoms with Gasteiger partial charge in [-0.3, -0.25) is 15.2 Å². The van der Waals surface area contributed by atoms with Crippen molar-refractivity contribution < 1.29 is 4.79 Å². The summed E-state index contributed by atoms with van der Waals surface area (Å²) < 4.78 is 0. The van der Waals surface area contributed by atoms with Crippen molar-refractivity contribution in [1.29, 1.82) is 0 Å². The molecule has 1 aromatic heterocycles. The lowest BCUT2D eigenvalue weighted by atomic mass is 9.96. The topological polar surface area (TPSA) is 61.4 Å². The van der Waals surface area contributed by atoms with Crippen molar-refractivity contribution in [2.75, 3.05) is 23.0 Å². The number of aromatic nitrogens is 2. The van der Waals surface area contributed by atoms with E-state index in [2.05, 4.69) is 20.5 Å². The minimum absolute atomic E-state index is 0.0274. The summed E-state index contributed by atoms with van der Waals surface area (Å²) in [7, 11) is 0. The normalized spacial score (nSPS) is 14.4. The smallest absolute Gasteiger partial charge is 0.242 e. The first-order chi connectivity index (χ1) is 14.2. The minimum atomic E-state index is -0.0542. The maximum atomic E-state index is 13.0. The molecule has 1 amide bonds. The Morgan fingerprint density at radius 1 is 0.897 bits per heavy atom. The van der Waals surface area contributed by atoms with Gasteiger partial charge in [0.25, 0.3) is 0 Å². The van der Waals surface area contributed by atoms with Crippen molar-refractivity contribution in [3.63, 3.8) is 0 Å². The van der Waals surface area contributed by atoms with Crippen molar-refractivity contribution in [3.8, 4) is 0 Å². The van der Waals surface area contributed by atoms with Gasteiger partial charge in [-0.05, 0) is 49.2 Å². The molecule has 1 aliphatic rings. The lowest BCUT2D eigenvalue weighted by molar-refractivity contribution is -0.125. The molecule has 0 bridgehead atoms. The van der Waals surface area contributed by atoms with Gasteiger partial charge in [-0.25, -0.2) is 0 Å². The van der Waals surface area contributed by atoms with E-state index < -0.39 is 0 Å². The molecule has 3 aromatic rings. The molecule has 6 nitrogen and oxygen atoms in total. The molecule has 0 radical (unpaired) electrons. The largest absolute Gasteiger partial charge is 0.355 e. The minimum Gasteiger partial charge on any atom is -0.355 e. The Labute approximate surface area is 175 Å². The van der Waals surface area contributed by atoms with Crippen LogP contribution in [-0.4, -0.2) is 29.2 Å². The number of piperidine rings is 1. The molecule has 0 saturated carbocycles. The number of nitrogens with one attached hydrogen (secondary N) is 1. The van der Waals surface area contributed by atoms with Gasteiger partial charge in [0, 0.05) is 19.0 Å². The number of anilines is 3. The highest BCUT2D eigenvalue weighted by Crippen LogP contribution is 2.25. The molecule has 7 heteroatoms. The van der Waals surface area contributed by atoms with Crippen molar-refractivity contribution >= 4 is 34.7 Å². The fourth-order valence-corrected chi connectivity index (χ4v) is 3.58. The van der Waals surface area contributed by atoms with E-state index in [1.165, 1.54) is 0 Å². The highest BCUT2D eigenvalue weighted by molar-refractivity contribution is 6.29. The van der Waals surface area contributed by atoms with E-state index in [0.29, 0.717) is 5.15 Å². The van der Waals surface area contributed by atoms with Crippen LogP contribution in [0.1, 0.15) is 12.8 Å². The van der Waals surface area contributed by atoms with Crippen LogP contribution >= 0.6 is 11.6 Å². The summed E-state index contributed by atoms with van der Waals surface area (Å²) in [5.74, 6) is 0.768. The molecule has 1 aliphatic heterocycles. The fourth-order valence-electron chi connectivity index (χ4n) is 3.48. The lowest BCUT2D eigenvalue weighted by Gasteiger charge is -2.33. The summed E-state index contributed by atoms with van der Waals surface area (Å²) in [6.07, 6.45) is 1.51. The van der Waals surface area contributed by atoms with E-state index in [1.807, 2.05) is 71.7 Å². The molecule has 1 N–H and O–H groups in total. The number of nitrogens with zero attached hydrogens (tertiary/aromatic N) is 4. The Hall–Kier alpha value is -3.12. The molecule has 1 saturated heterocycles. The van der Waals surface area contributed by atoms with Crippen LogP contribution in [0.5, 0.6) is 0 Å². The van der Waals surface area contributed by atoms with E-state index in [4.69, 9.17) is 11.6 Å². The third-order valence-electron chi connectivity index (χ3n) is 5.06. The number of rotatable bonds is 5. The molecule has 4 rings (SSSR count). The predicted molar refractivity (Wildman–Crippen MR) is 115 cm³/mol. The number of carbonyl (C=O) groups excluding carboxylic acids is 1. The zero-order valence-electron chi connectivity index (χ0n) is 15.9. The molecule has 0 atom stereocenters. The SMILES string of the molecule is O=C(NN(c1ccccc1)c1ccccc1)C1CCN(c2ccc(Cl)nn2)CC1. The van der Waals surface area contributed by atoms with Crippen molar-refractivity contribution in [1.82, 2.24) is 15.6 Å². The van der Waals surface area contributed by atoms with Gasteiger partial charge in [0.15, 0.2) is 11.0 Å². The highest BCUT2D eigenvalue weighted by atomic mass is 35.5. The third-order valence-corrected chi connectivity index (χ3v) is 5.26. The van der Waals surface area contributed by atoms with Crippen LogP contribution in [0.4, 0.5) is 17.2 Å². The van der Waals surface area contributed by atoms with Crippen LogP contribution in [0.25, 0.3) is 0 Å². The summed E-state index contributed by atoms with van der Waals surface area (Å²) >= 11 is 5.82. The average Bonchev–Trinajstić information content (AvgIpc) is 2.79. The molecule has 0 aliphatic carbocycles. The Morgan fingerprint density at radius 3 is 2.00 bits per heavy atom. The van der Waals surface area contributed by atoms with Gasteiger partial charge in [-0.1, -0.05) is 48.0 Å². The van der Waals surface area contributed by atoms with Gasteiger partial charge in [0.05, 0.1) is 11.4 Å². The molecule has 0 spiro atoms. The number of carbonyl (C=O) groups is 1. The zero-order valence-corrected chi connectivity index (χ0v) is 16.7. The van der Waals surface area contributed by atoms with Crippen molar-refractivity contribution in [2.24, 2.45) is 5.92 Å². The molecule has 148 valence electrons. The van der Waals surface area contributed by atoms with Gasteiger partial charge in [-0.2, -0.15) is 0 Å². The molecule has 2 aromatic carbocycles. The number of hydrazine groups is 1. The quantitative estimate of drug-likeness (QED) is 0.642. The number of para-hydroxylation sites is 2. The van der Waals surface area contributed by atoms with Crippen LogP contribution in [-0.2, 0) is 4.79 Å². The zero-order chi connectivity index (χ0) is 20.1. The Morgan fingerprint density at radius 2 is 1.48 bits per heavy atom. The second-order valence-electron chi connectivity index (χ2n) is 6.96. The third kappa shape index (κ3) is 4.66. The van der Waals surface area contributed by atoms with Gasteiger partial charge in [-0.15, -0.1) is 10.2 Å². The van der Waals surface area contributed by atoms with E-state index >= 15 is 0 Å². The maximum absolute atomic E-state index is 13.0. The molecule has 2 heterocycles. The monoisotopic (exact) mass is 407 g/mol. The fraction of sp³-hybridized carbons (Fsp3) is 0.227. The van der Waals surface area contributed by atoms with Gasteiger partial charge in [0.1, 0.15) is 0 Å². The highest BCUT2D eigenvalue weighted by Gasteiger charge is 2.27. The first kappa shape index (κ1) is 19.2. The van der Waals surface area contributed by atoms with Gasteiger partial charge >= 0.3 is 0 Å². The second-order valence-corrected chi connectivity index (χ2v) is 7.35. The van der Waals surface area contributed by atoms with E-state index in [0.717, 1.165) is 43.1 Å². The Balaban J connectivity index is 1.43. The first-order valence-corrected chi connectivity index (χ1v) is 10.0. The van der Waals surface area contributed by atoms with E-state index in [9.17, 15) is 4.79 Å². The summed E-state index contributed by atoms with van der Waals surface area (Å²) in [6.45, 7) is 1.51. The first-order valence-electron chi connectivity index (χ1n) is 9.65. The maximum Gasteiger partial charge on any atom is 0.242 e. The van der Waals surface area contributed by atoms with E-state index in [1.54, 1.807) is 6.07 Å². The van der Waals surface area contributed by atoms with Crippen LogP contribution < -0.4 is 15.3 Å². The summed E-state index contributed by atoms with van der Waals surface area (Å²) in [5.41, 5.74) is 4.95. The molecular formula is C22H22ClN5O. The van der Waals surface area contributed by atoms with Gasteiger partial charge < -0.3 is 4.90 Å². The van der Waals surface area contributed by atoms with Gasteiger partial charge in [0.2, 0.25) is 5.91 Å². The summed E-state index contributed by atoms with van der Waals surface area (Å²) in [4.78, 5) is 15.2. The van der Waals surface area contributed by atoms with Crippen LogP contribution in [0.2, 0.25) is 5.15 Å². The van der Waals surface area contributed by atoms with Crippen LogP contribution in [0, 0.1) is 5.92 Å². The molecule has 1 fully saturated rings. The van der Waals surface area contributed by atoms with E-state index in [-0.39, 0.29) is 11.8 Å². The Kier molecular flexibility index (Phi) is 5.91. The average molecular weight is 408 g/mol. The summed E-state index contributed by atoms with van der Waals surface area (Å²) in [6, 6.07) is 23.3. The molecule has 29 heavy (non-hydrogen) atoms. The number of amides is 1. The van der Waals surface area contributed by atoms with Crippen LogP contribution in [0.15, 0.2) is 72.8 Å². The molecular weight excluding hydrogens is 386 g/mol.